The highest BCUT2D eigenvalue weighted by Crippen LogP contribution is 2.38. The first-order chi connectivity index (χ1) is 18.3. The number of nitrogens with one attached hydrogen (secondary N) is 3. The molecule has 0 aliphatic heterocycles. The topological polar surface area (TPSA) is 122 Å². The van der Waals surface area contributed by atoms with Gasteiger partial charge in [0.2, 0.25) is 11.9 Å². The fourth-order valence-corrected chi connectivity index (χ4v) is 4.05. The van der Waals surface area contributed by atoms with E-state index in [2.05, 4.69) is 43.0 Å². The summed E-state index contributed by atoms with van der Waals surface area (Å²) in [4.78, 5) is 28.6. The van der Waals surface area contributed by atoms with E-state index in [-0.39, 0.29) is 5.91 Å². The number of rotatable bonds is 10. The van der Waals surface area contributed by atoms with Crippen LogP contribution in [0.4, 0.5) is 23.0 Å². The number of carbonyl (C=O) groups excluding carboxylic acids is 1. The number of nitriles is 1. The number of anilines is 4. The Morgan fingerprint density at radius 1 is 1.21 bits per heavy atom. The number of aromatic nitrogens is 3. The van der Waals surface area contributed by atoms with Gasteiger partial charge >= 0.3 is 0 Å². The van der Waals surface area contributed by atoms with Gasteiger partial charge in [-0.15, -0.1) is 0 Å². The number of methoxy groups -OCH3 is 1. The molecule has 0 aliphatic carbocycles. The molecule has 0 spiro atoms. The van der Waals surface area contributed by atoms with Crippen molar-refractivity contribution in [3.63, 3.8) is 0 Å². The van der Waals surface area contributed by atoms with Gasteiger partial charge in [0, 0.05) is 49.5 Å². The largest absolute Gasteiger partial charge is 0.494 e. The minimum atomic E-state index is -0.322. The molecule has 4 rings (SSSR count). The molecule has 2 heterocycles. The van der Waals surface area contributed by atoms with Crippen molar-refractivity contribution >= 4 is 39.8 Å². The number of aromatic amines is 1. The standard InChI is InChI=1S/C28H30N8O2/c1-6-26(37)32-22-14-23(25(38-5)15-24(22)36(4)13-12-35(2)3)34-28-30-11-10-21(33-28)20-17-31-27-18(16-29)8-7-9-19(20)27/h6-11,14-15,17,31H,1,12-13H2,2-5H3,(H,32,37)(H,30,33,34). The third-order valence-corrected chi connectivity index (χ3v) is 6.07. The van der Waals surface area contributed by atoms with E-state index in [1.54, 1.807) is 25.4 Å². The van der Waals surface area contributed by atoms with Crippen LogP contribution in [0.3, 0.4) is 0 Å². The summed E-state index contributed by atoms with van der Waals surface area (Å²) in [5.74, 6) is 0.590. The van der Waals surface area contributed by atoms with Crippen molar-refractivity contribution in [3.8, 4) is 23.1 Å². The lowest BCUT2D eigenvalue weighted by atomic mass is 10.1. The smallest absolute Gasteiger partial charge is 0.247 e. The Balaban J connectivity index is 1.71. The highest BCUT2D eigenvalue weighted by molar-refractivity contribution is 6.02. The van der Waals surface area contributed by atoms with Crippen molar-refractivity contribution in [3.05, 3.63) is 67.0 Å². The number of hydrogen-bond donors (Lipinski definition) is 3. The van der Waals surface area contributed by atoms with Gasteiger partial charge in [-0.3, -0.25) is 4.79 Å². The number of benzene rings is 2. The van der Waals surface area contributed by atoms with E-state index in [4.69, 9.17) is 9.72 Å². The van der Waals surface area contributed by atoms with Crippen LogP contribution in [0.1, 0.15) is 5.56 Å². The summed E-state index contributed by atoms with van der Waals surface area (Å²) in [6, 6.07) is 13.2. The van der Waals surface area contributed by atoms with Crippen LogP contribution in [0.5, 0.6) is 5.75 Å². The van der Waals surface area contributed by atoms with Crippen molar-refractivity contribution in [1.29, 1.82) is 5.26 Å². The van der Waals surface area contributed by atoms with E-state index in [9.17, 15) is 10.1 Å². The van der Waals surface area contributed by atoms with Crippen molar-refractivity contribution < 1.29 is 9.53 Å². The number of amides is 1. The molecule has 0 saturated heterocycles. The second kappa shape index (κ2) is 11.5. The first-order valence-corrected chi connectivity index (χ1v) is 12.0. The number of ether oxygens (including phenoxy) is 1. The minimum absolute atomic E-state index is 0.322. The van der Waals surface area contributed by atoms with E-state index in [1.807, 2.05) is 51.6 Å². The first kappa shape index (κ1) is 26.2. The second-order valence-electron chi connectivity index (χ2n) is 8.92. The summed E-state index contributed by atoms with van der Waals surface area (Å²) in [6.45, 7) is 5.14. The SMILES string of the molecule is C=CC(=O)Nc1cc(Nc2nccc(-c3c[nH]c4c(C#N)cccc34)n2)c(OC)cc1N(C)CCN(C)C. The van der Waals surface area contributed by atoms with Gasteiger partial charge in [0.25, 0.3) is 0 Å². The maximum atomic E-state index is 12.2. The van der Waals surface area contributed by atoms with Gasteiger partial charge in [0.1, 0.15) is 11.8 Å². The Hall–Kier alpha value is -4.88. The molecule has 10 nitrogen and oxygen atoms in total. The molecule has 2 aromatic heterocycles. The lowest BCUT2D eigenvalue weighted by Gasteiger charge is -2.26. The molecule has 0 radical (unpaired) electrons. The van der Waals surface area contributed by atoms with Gasteiger partial charge < -0.3 is 30.2 Å². The number of H-pyrrole nitrogens is 1. The van der Waals surface area contributed by atoms with Gasteiger partial charge in [-0.2, -0.15) is 5.26 Å². The molecule has 0 saturated carbocycles. The molecule has 0 unspecified atom stereocenters. The average Bonchev–Trinajstić information content (AvgIpc) is 3.36. The average molecular weight is 511 g/mol. The molecule has 4 aromatic rings. The fraction of sp³-hybridized carbons (Fsp3) is 0.214. The third kappa shape index (κ3) is 5.58. The number of likely N-dealkylation sites (N-methyl/N-ethyl adjacent to an activating group) is 2. The van der Waals surface area contributed by atoms with Crippen LogP contribution < -0.4 is 20.3 Å². The number of fused-ring (bicyclic) bond motifs is 1. The van der Waals surface area contributed by atoms with Crippen LogP contribution in [0.2, 0.25) is 0 Å². The van der Waals surface area contributed by atoms with Gasteiger partial charge in [0.15, 0.2) is 0 Å². The molecule has 0 atom stereocenters. The summed E-state index contributed by atoms with van der Waals surface area (Å²) in [5.41, 5.74) is 4.84. The predicted octanol–water partition coefficient (Wildman–Crippen LogP) is 4.37. The highest BCUT2D eigenvalue weighted by atomic mass is 16.5. The van der Waals surface area contributed by atoms with Crippen LogP contribution in [0.25, 0.3) is 22.2 Å². The molecule has 0 bridgehead atoms. The lowest BCUT2D eigenvalue weighted by Crippen LogP contribution is -2.29. The zero-order valence-electron chi connectivity index (χ0n) is 21.9. The van der Waals surface area contributed by atoms with E-state index < -0.39 is 0 Å². The molecule has 194 valence electrons. The maximum Gasteiger partial charge on any atom is 0.247 e. The Morgan fingerprint density at radius 2 is 2.03 bits per heavy atom. The Labute approximate surface area is 221 Å². The number of hydrogen-bond acceptors (Lipinski definition) is 8. The summed E-state index contributed by atoms with van der Waals surface area (Å²) >= 11 is 0. The van der Waals surface area contributed by atoms with Gasteiger partial charge in [0.05, 0.1) is 40.9 Å². The van der Waals surface area contributed by atoms with Crippen LogP contribution in [0, 0.1) is 11.3 Å². The molecular weight excluding hydrogens is 480 g/mol. The Morgan fingerprint density at radius 3 is 2.74 bits per heavy atom. The molecule has 0 fully saturated rings. The van der Waals surface area contributed by atoms with Gasteiger partial charge in [-0.1, -0.05) is 18.7 Å². The quantitative estimate of drug-likeness (QED) is 0.269. The number of para-hydroxylation sites is 1. The zero-order valence-corrected chi connectivity index (χ0v) is 21.9. The predicted molar refractivity (Wildman–Crippen MR) is 151 cm³/mol. The van der Waals surface area contributed by atoms with Crippen molar-refractivity contribution in [2.75, 3.05) is 56.9 Å². The van der Waals surface area contributed by atoms with Crippen LogP contribution in [-0.4, -0.2) is 67.1 Å². The maximum absolute atomic E-state index is 12.2. The van der Waals surface area contributed by atoms with E-state index in [0.29, 0.717) is 34.3 Å². The van der Waals surface area contributed by atoms with Gasteiger partial charge in [-0.25, -0.2) is 9.97 Å². The van der Waals surface area contributed by atoms with E-state index in [1.165, 1.54) is 6.08 Å². The normalized spacial score (nSPS) is 10.7. The van der Waals surface area contributed by atoms with Crippen LogP contribution in [0.15, 0.2) is 61.4 Å². The summed E-state index contributed by atoms with van der Waals surface area (Å²) in [5, 5.41) is 16.4. The molecule has 1 amide bonds. The third-order valence-electron chi connectivity index (χ3n) is 6.07. The lowest BCUT2D eigenvalue weighted by molar-refractivity contribution is -0.111. The molecule has 0 aliphatic rings. The molecule has 38 heavy (non-hydrogen) atoms. The molecule has 3 N–H and O–H groups in total. The zero-order chi connectivity index (χ0) is 27.2. The number of carbonyl (C=O) groups is 1. The minimum Gasteiger partial charge on any atom is -0.494 e. The van der Waals surface area contributed by atoms with Crippen LogP contribution in [-0.2, 0) is 4.79 Å². The van der Waals surface area contributed by atoms with Crippen molar-refractivity contribution in [2.24, 2.45) is 0 Å². The van der Waals surface area contributed by atoms with E-state index >= 15 is 0 Å². The number of nitrogens with zero attached hydrogens (tertiary/aromatic N) is 5. The highest BCUT2D eigenvalue weighted by Gasteiger charge is 2.17. The van der Waals surface area contributed by atoms with Crippen LogP contribution >= 0.6 is 0 Å². The monoisotopic (exact) mass is 510 g/mol. The van der Waals surface area contributed by atoms with Crippen molar-refractivity contribution in [1.82, 2.24) is 19.9 Å². The fourth-order valence-electron chi connectivity index (χ4n) is 4.05. The van der Waals surface area contributed by atoms with E-state index in [0.717, 1.165) is 35.2 Å². The summed E-state index contributed by atoms with van der Waals surface area (Å²) in [6.07, 6.45) is 4.72. The first-order valence-electron chi connectivity index (χ1n) is 12.0. The molecule has 10 heteroatoms. The molecular formula is C28H30N8O2. The Bertz CT molecular complexity index is 1520. The summed E-state index contributed by atoms with van der Waals surface area (Å²) < 4.78 is 5.68. The molecule has 2 aromatic carbocycles. The summed E-state index contributed by atoms with van der Waals surface area (Å²) in [7, 11) is 7.56. The van der Waals surface area contributed by atoms with Gasteiger partial charge in [-0.05, 0) is 38.4 Å². The van der Waals surface area contributed by atoms with Crippen molar-refractivity contribution in [2.45, 2.75) is 0 Å². The Kier molecular flexibility index (Phi) is 7.89. The second-order valence-corrected chi connectivity index (χ2v) is 8.92.